The summed E-state index contributed by atoms with van der Waals surface area (Å²) in [4.78, 5) is 25.6. The largest absolute Gasteiger partial charge is 0.448 e. The molecule has 1 atom stereocenters. The summed E-state index contributed by atoms with van der Waals surface area (Å²) in [5, 5.41) is 0.457. The Kier molecular flexibility index (Phi) is 3.01. The number of esters is 1. The van der Waals surface area contributed by atoms with Gasteiger partial charge in [-0.3, -0.25) is 4.79 Å². The molecular formula is C17H10O4S. The second kappa shape index (κ2) is 5.03. The van der Waals surface area contributed by atoms with Gasteiger partial charge in [-0.15, -0.1) is 0 Å². The first-order valence-corrected chi connectivity index (χ1v) is 7.60. The minimum Gasteiger partial charge on any atom is -0.448 e. The lowest BCUT2D eigenvalue weighted by Gasteiger charge is -2.09. The van der Waals surface area contributed by atoms with Gasteiger partial charge < -0.3 is 9.15 Å². The minimum absolute atomic E-state index is 0.0112. The zero-order valence-electron chi connectivity index (χ0n) is 11.3. The first-order valence-electron chi connectivity index (χ1n) is 6.72. The maximum atomic E-state index is 12.7. The average Bonchev–Trinajstić information content (AvgIpc) is 2.85. The number of para-hydroxylation sites is 1. The third-order valence-electron chi connectivity index (χ3n) is 3.45. The molecule has 5 heteroatoms. The Hall–Kier alpha value is -2.53. The fourth-order valence-electron chi connectivity index (χ4n) is 2.44. The summed E-state index contributed by atoms with van der Waals surface area (Å²) < 4.78 is 10.9. The van der Waals surface area contributed by atoms with Gasteiger partial charge >= 0.3 is 5.97 Å². The fourth-order valence-corrected chi connectivity index (χ4v) is 3.47. The number of carbonyl (C=O) groups excluding carboxylic acids is 1. The molecule has 1 aliphatic rings. The molecule has 4 nitrogen and oxygen atoms in total. The van der Waals surface area contributed by atoms with E-state index >= 15 is 0 Å². The lowest BCUT2D eigenvalue weighted by Crippen LogP contribution is -2.11. The van der Waals surface area contributed by atoms with Crippen molar-refractivity contribution in [3.63, 3.8) is 0 Å². The molecule has 4 rings (SSSR count). The highest BCUT2D eigenvalue weighted by Gasteiger charge is 2.37. The van der Waals surface area contributed by atoms with E-state index in [0.717, 1.165) is 4.90 Å². The summed E-state index contributed by atoms with van der Waals surface area (Å²) in [6.07, 6.45) is 0. The van der Waals surface area contributed by atoms with Crippen molar-refractivity contribution >= 4 is 28.7 Å². The molecule has 3 aromatic rings. The molecule has 1 aromatic heterocycles. The van der Waals surface area contributed by atoms with Crippen molar-refractivity contribution in [1.29, 1.82) is 0 Å². The lowest BCUT2D eigenvalue weighted by molar-refractivity contribution is 0.0500. The predicted molar refractivity (Wildman–Crippen MR) is 82.9 cm³/mol. The van der Waals surface area contributed by atoms with E-state index in [0.29, 0.717) is 11.0 Å². The molecule has 0 radical (unpaired) electrons. The van der Waals surface area contributed by atoms with Crippen LogP contribution in [-0.2, 0) is 4.74 Å². The van der Waals surface area contributed by atoms with Crippen molar-refractivity contribution in [3.05, 3.63) is 76.1 Å². The molecule has 0 aliphatic carbocycles. The van der Waals surface area contributed by atoms with E-state index in [9.17, 15) is 9.59 Å². The highest BCUT2D eigenvalue weighted by atomic mass is 32.2. The smallest absolute Gasteiger partial charge is 0.376 e. The third-order valence-corrected chi connectivity index (χ3v) is 4.54. The number of ether oxygens (including phenoxy) is 1. The maximum Gasteiger partial charge on any atom is 0.376 e. The van der Waals surface area contributed by atoms with Gasteiger partial charge in [-0.25, -0.2) is 4.79 Å². The number of fused-ring (bicyclic) bond motifs is 2. The summed E-state index contributed by atoms with van der Waals surface area (Å²) in [6, 6.07) is 16.4. The quantitative estimate of drug-likeness (QED) is 0.675. The summed E-state index contributed by atoms with van der Waals surface area (Å²) in [5.74, 6) is -0.580. The van der Waals surface area contributed by atoms with E-state index in [1.54, 1.807) is 24.3 Å². The molecule has 0 saturated heterocycles. The highest BCUT2D eigenvalue weighted by Crippen LogP contribution is 2.41. The van der Waals surface area contributed by atoms with Gasteiger partial charge in [0.25, 0.3) is 0 Å². The van der Waals surface area contributed by atoms with Crippen LogP contribution in [0, 0.1) is 0 Å². The van der Waals surface area contributed by atoms with E-state index in [2.05, 4.69) is 0 Å². The standard InChI is InChI=1S/C17H10O4S/c18-14-11-8-4-5-9-12(11)20-15-13(14)17(21-16(15)19)22-10-6-2-1-3-7-10/h1-9,17H. The summed E-state index contributed by atoms with van der Waals surface area (Å²) in [7, 11) is 0. The molecule has 0 fully saturated rings. The van der Waals surface area contributed by atoms with Crippen molar-refractivity contribution < 1.29 is 13.9 Å². The monoisotopic (exact) mass is 310 g/mol. The van der Waals surface area contributed by atoms with E-state index in [4.69, 9.17) is 9.15 Å². The molecule has 0 spiro atoms. The Bertz CT molecular complexity index is 930. The van der Waals surface area contributed by atoms with E-state index in [1.165, 1.54) is 11.8 Å². The molecule has 1 unspecified atom stereocenters. The molecule has 2 heterocycles. The Morgan fingerprint density at radius 3 is 2.45 bits per heavy atom. The van der Waals surface area contributed by atoms with Crippen LogP contribution in [0.25, 0.3) is 11.0 Å². The van der Waals surface area contributed by atoms with Crippen LogP contribution < -0.4 is 5.43 Å². The van der Waals surface area contributed by atoms with Crippen LogP contribution in [0.5, 0.6) is 0 Å². The topological polar surface area (TPSA) is 56.5 Å². The first-order chi connectivity index (χ1) is 10.7. The van der Waals surface area contributed by atoms with Crippen LogP contribution in [0.1, 0.15) is 21.6 Å². The van der Waals surface area contributed by atoms with Crippen LogP contribution in [-0.4, -0.2) is 5.97 Å². The van der Waals surface area contributed by atoms with Crippen LogP contribution in [0.3, 0.4) is 0 Å². The normalized spacial score (nSPS) is 16.5. The summed E-state index contributed by atoms with van der Waals surface area (Å²) >= 11 is 1.32. The van der Waals surface area contributed by atoms with Gasteiger partial charge in [-0.1, -0.05) is 42.1 Å². The fraction of sp³-hybridized carbons (Fsp3) is 0.0588. The predicted octanol–water partition coefficient (Wildman–Crippen LogP) is 3.75. The zero-order valence-corrected chi connectivity index (χ0v) is 12.1. The molecule has 0 saturated carbocycles. The van der Waals surface area contributed by atoms with Crippen molar-refractivity contribution in [2.75, 3.05) is 0 Å². The number of hydrogen-bond acceptors (Lipinski definition) is 5. The SMILES string of the molecule is O=C1OC(Sc2ccccc2)c2c1oc1ccccc1c2=O. The summed E-state index contributed by atoms with van der Waals surface area (Å²) in [6.45, 7) is 0. The van der Waals surface area contributed by atoms with Crippen LogP contribution in [0.15, 0.2) is 68.7 Å². The van der Waals surface area contributed by atoms with Crippen molar-refractivity contribution in [2.45, 2.75) is 10.3 Å². The lowest BCUT2D eigenvalue weighted by atomic mass is 10.1. The van der Waals surface area contributed by atoms with Gasteiger partial charge in [-0.05, 0) is 24.3 Å². The van der Waals surface area contributed by atoms with Crippen LogP contribution in [0.4, 0.5) is 0 Å². The van der Waals surface area contributed by atoms with Crippen LogP contribution >= 0.6 is 11.8 Å². The Morgan fingerprint density at radius 2 is 1.64 bits per heavy atom. The molecule has 0 amide bonds. The number of benzene rings is 2. The number of cyclic esters (lactones) is 1. The van der Waals surface area contributed by atoms with Gasteiger partial charge in [0.05, 0.1) is 5.39 Å². The van der Waals surface area contributed by atoms with E-state index < -0.39 is 11.4 Å². The average molecular weight is 310 g/mol. The molecule has 2 aromatic carbocycles. The van der Waals surface area contributed by atoms with E-state index in [-0.39, 0.29) is 16.8 Å². The second-order valence-electron chi connectivity index (χ2n) is 4.84. The number of rotatable bonds is 2. The second-order valence-corrected chi connectivity index (χ2v) is 5.97. The minimum atomic E-state index is -0.675. The highest BCUT2D eigenvalue weighted by molar-refractivity contribution is 7.99. The number of carbonyl (C=O) groups is 1. The molecule has 108 valence electrons. The number of thioether (sulfide) groups is 1. The molecule has 0 N–H and O–H groups in total. The zero-order chi connectivity index (χ0) is 15.1. The summed E-state index contributed by atoms with van der Waals surface area (Å²) in [5.41, 5.74) is -0.201. The molecule has 22 heavy (non-hydrogen) atoms. The van der Waals surface area contributed by atoms with Gasteiger partial charge in [0, 0.05) is 4.90 Å². The molecule has 1 aliphatic heterocycles. The van der Waals surface area contributed by atoms with Gasteiger partial charge in [0.15, 0.2) is 5.44 Å². The molecular weight excluding hydrogens is 300 g/mol. The van der Waals surface area contributed by atoms with Crippen molar-refractivity contribution in [1.82, 2.24) is 0 Å². The van der Waals surface area contributed by atoms with Crippen molar-refractivity contribution in [3.8, 4) is 0 Å². The first kappa shape index (κ1) is 13.2. The third kappa shape index (κ3) is 2.02. The maximum absolute atomic E-state index is 12.7. The van der Waals surface area contributed by atoms with Gasteiger partial charge in [-0.2, -0.15) is 0 Å². The Morgan fingerprint density at radius 1 is 0.909 bits per heavy atom. The number of hydrogen-bond donors (Lipinski definition) is 0. The van der Waals surface area contributed by atoms with Crippen molar-refractivity contribution in [2.24, 2.45) is 0 Å². The van der Waals surface area contributed by atoms with Gasteiger partial charge in [0.1, 0.15) is 11.1 Å². The van der Waals surface area contributed by atoms with Gasteiger partial charge in [0.2, 0.25) is 11.2 Å². The van der Waals surface area contributed by atoms with Crippen LogP contribution in [0.2, 0.25) is 0 Å². The Labute approximate surface area is 129 Å². The Balaban J connectivity index is 1.86. The van der Waals surface area contributed by atoms with E-state index in [1.807, 2.05) is 30.3 Å². The molecule has 0 bridgehead atoms.